The van der Waals surface area contributed by atoms with Crippen LogP contribution in [0.15, 0.2) is 22.7 Å². The van der Waals surface area contributed by atoms with Crippen molar-refractivity contribution in [2.24, 2.45) is 0 Å². The minimum Gasteiger partial charge on any atom is -0.444 e. The third kappa shape index (κ3) is 7.81. The predicted molar refractivity (Wildman–Crippen MR) is 124 cm³/mol. The molecule has 1 aromatic carbocycles. The number of ether oxygens (including phenoxy) is 1. The summed E-state index contributed by atoms with van der Waals surface area (Å²) in [6, 6.07) is 5.59. The van der Waals surface area contributed by atoms with Gasteiger partial charge in [0.2, 0.25) is 5.91 Å². The molecular weight excluding hydrogens is 464 g/mol. The van der Waals surface area contributed by atoms with Gasteiger partial charge in [0, 0.05) is 61.9 Å². The number of carbonyl (C=O) groups is 3. The van der Waals surface area contributed by atoms with E-state index in [1.807, 2.05) is 39.0 Å². The first-order valence-corrected chi connectivity index (χ1v) is 11.3. The van der Waals surface area contributed by atoms with Gasteiger partial charge in [0.05, 0.1) is 6.04 Å². The Kier molecular flexibility index (Phi) is 9.31. The van der Waals surface area contributed by atoms with Crippen LogP contribution in [0, 0.1) is 0 Å². The number of halogens is 1. The van der Waals surface area contributed by atoms with Gasteiger partial charge in [-0.3, -0.25) is 4.79 Å². The number of rotatable bonds is 8. The van der Waals surface area contributed by atoms with E-state index in [4.69, 9.17) is 4.74 Å². The Morgan fingerprint density at radius 1 is 1.23 bits per heavy atom. The number of piperazine rings is 1. The molecule has 0 bridgehead atoms. The molecule has 2 amide bonds. The Hall–Kier alpha value is -2.13. The van der Waals surface area contributed by atoms with Gasteiger partial charge in [0.25, 0.3) is 0 Å². The van der Waals surface area contributed by atoms with Crippen LogP contribution in [0.3, 0.4) is 0 Å². The lowest BCUT2D eigenvalue weighted by Crippen LogP contribution is -2.50. The first-order valence-electron chi connectivity index (χ1n) is 10.5. The lowest BCUT2D eigenvalue weighted by molar-refractivity contribution is -0.120. The van der Waals surface area contributed by atoms with Crippen molar-refractivity contribution in [3.05, 3.63) is 28.2 Å². The largest absolute Gasteiger partial charge is 0.444 e. The smallest absolute Gasteiger partial charge is 0.410 e. The second-order valence-electron chi connectivity index (χ2n) is 8.53. The summed E-state index contributed by atoms with van der Waals surface area (Å²) in [5, 5.41) is 5.82. The SMILES string of the molecule is CNC(=O)CCC(C=O)NCc1c(Br)cccc1N1CCN(C(=O)OC(C)(C)C)CC1. The maximum absolute atomic E-state index is 12.3. The topological polar surface area (TPSA) is 91.0 Å². The van der Waals surface area contributed by atoms with Crippen molar-refractivity contribution in [3.8, 4) is 0 Å². The van der Waals surface area contributed by atoms with Gasteiger partial charge < -0.3 is 30.0 Å². The van der Waals surface area contributed by atoms with Crippen LogP contribution >= 0.6 is 15.9 Å². The predicted octanol–water partition coefficient (Wildman–Crippen LogP) is 2.69. The van der Waals surface area contributed by atoms with Gasteiger partial charge >= 0.3 is 6.09 Å². The normalized spacial score (nSPS) is 15.4. The van der Waals surface area contributed by atoms with Crippen molar-refractivity contribution in [2.75, 3.05) is 38.1 Å². The molecule has 0 spiro atoms. The molecule has 1 atom stereocenters. The van der Waals surface area contributed by atoms with Gasteiger partial charge in [0.15, 0.2) is 0 Å². The van der Waals surface area contributed by atoms with Crippen molar-refractivity contribution >= 4 is 39.9 Å². The average molecular weight is 497 g/mol. The zero-order chi connectivity index (χ0) is 23.0. The molecule has 0 aliphatic carbocycles. The van der Waals surface area contributed by atoms with Crippen LogP contribution in [0.1, 0.15) is 39.2 Å². The Morgan fingerprint density at radius 2 is 1.90 bits per heavy atom. The highest BCUT2D eigenvalue weighted by Crippen LogP contribution is 2.29. The highest BCUT2D eigenvalue weighted by atomic mass is 79.9. The molecule has 1 aliphatic rings. The second-order valence-corrected chi connectivity index (χ2v) is 9.38. The molecule has 2 rings (SSSR count). The number of hydrogen-bond donors (Lipinski definition) is 2. The summed E-state index contributed by atoms with van der Waals surface area (Å²) < 4.78 is 6.42. The molecule has 0 aromatic heterocycles. The minimum absolute atomic E-state index is 0.0851. The summed E-state index contributed by atoms with van der Waals surface area (Å²) in [7, 11) is 1.58. The zero-order valence-corrected chi connectivity index (χ0v) is 20.3. The van der Waals surface area contributed by atoms with Gasteiger partial charge in [0.1, 0.15) is 11.9 Å². The van der Waals surface area contributed by atoms with Crippen molar-refractivity contribution in [1.82, 2.24) is 15.5 Å². The molecule has 1 aliphatic heterocycles. The van der Waals surface area contributed by atoms with E-state index in [-0.39, 0.29) is 12.0 Å². The van der Waals surface area contributed by atoms with Gasteiger partial charge in [-0.05, 0) is 39.3 Å². The lowest BCUT2D eigenvalue weighted by Gasteiger charge is -2.37. The summed E-state index contributed by atoms with van der Waals surface area (Å²) in [5.74, 6) is -0.0851. The van der Waals surface area contributed by atoms with E-state index in [9.17, 15) is 14.4 Å². The van der Waals surface area contributed by atoms with E-state index in [0.29, 0.717) is 45.6 Å². The molecule has 1 saturated heterocycles. The van der Waals surface area contributed by atoms with Gasteiger partial charge in [-0.25, -0.2) is 4.79 Å². The van der Waals surface area contributed by atoms with E-state index in [1.54, 1.807) is 11.9 Å². The standard InChI is InChI=1S/C22H33BrN4O4/c1-22(2,3)31-21(30)27-12-10-26(11-13-27)19-7-5-6-18(23)17(19)14-25-16(15-28)8-9-20(29)24-4/h5-7,15-16,25H,8-14H2,1-4H3,(H,24,29). The Morgan fingerprint density at radius 3 is 2.48 bits per heavy atom. The van der Waals surface area contributed by atoms with E-state index in [0.717, 1.165) is 22.0 Å². The lowest BCUT2D eigenvalue weighted by atomic mass is 10.1. The molecule has 1 aromatic rings. The first-order chi connectivity index (χ1) is 14.6. The van der Waals surface area contributed by atoms with Crippen LogP contribution in [-0.4, -0.2) is 68.1 Å². The highest BCUT2D eigenvalue weighted by Gasteiger charge is 2.27. The summed E-state index contributed by atoms with van der Waals surface area (Å²) in [6.07, 6.45) is 1.30. The fourth-order valence-electron chi connectivity index (χ4n) is 3.34. The molecule has 1 fully saturated rings. The Balaban J connectivity index is 2.00. The second kappa shape index (κ2) is 11.5. The quantitative estimate of drug-likeness (QED) is 0.537. The Bertz CT molecular complexity index is 773. The van der Waals surface area contributed by atoms with Gasteiger partial charge in [-0.2, -0.15) is 0 Å². The van der Waals surface area contributed by atoms with Crippen molar-refractivity contribution < 1.29 is 19.1 Å². The van der Waals surface area contributed by atoms with Crippen LogP contribution < -0.4 is 15.5 Å². The van der Waals surface area contributed by atoms with Crippen molar-refractivity contribution in [3.63, 3.8) is 0 Å². The van der Waals surface area contributed by atoms with Gasteiger partial charge in [-0.1, -0.05) is 22.0 Å². The minimum atomic E-state index is -0.510. The number of nitrogens with one attached hydrogen (secondary N) is 2. The fraction of sp³-hybridized carbons (Fsp3) is 0.591. The molecular formula is C22H33BrN4O4. The van der Waals surface area contributed by atoms with E-state index in [2.05, 4.69) is 31.5 Å². The number of anilines is 1. The number of carbonyl (C=O) groups excluding carboxylic acids is 3. The first kappa shape index (κ1) is 25.1. The van der Waals surface area contributed by atoms with Crippen LogP contribution in [0.4, 0.5) is 10.5 Å². The van der Waals surface area contributed by atoms with Crippen LogP contribution in [0.25, 0.3) is 0 Å². The molecule has 0 radical (unpaired) electrons. The number of nitrogens with zero attached hydrogens (tertiary/aromatic N) is 2. The highest BCUT2D eigenvalue weighted by molar-refractivity contribution is 9.10. The third-order valence-electron chi connectivity index (χ3n) is 5.03. The average Bonchev–Trinajstić information content (AvgIpc) is 2.73. The summed E-state index contributed by atoms with van der Waals surface area (Å²) in [4.78, 5) is 39.2. The van der Waals surface area contributed by atoms with Crippen LogP contribution in [-0.2, 0) is 20.9 Å². The summed E-state index contributed by atoms with van der Waals surface area (Å²) in [5.41, 5.74) is 1.59. The molecule has 2 N–H and O–H groups in total. The molecule has 8 nitrogen and oxygen atoms in total. The number of aldehydes is 1. The molecule has 0 saturated carbocycles. The molecule has 1 heterocycles. The Labute approximate surface area is 192 Å². The molecule has 31 heavy (non-hydrogen) atoms. The van der Waals surface area contributed by atoms with Crippen LogP contribution in [0.5, 0.6) is 0 Å². The van der Waals surface area contributed by atoms with E-state index in [1.165, 1.54) is 0 Å². The summed E-state index contributed by atoms with van der Waals surface area (Å²) >= 11 is 3.62. The van der Waals surface area contributed by atoms with E-state index >= 15 is 0 Å². The van der Waals surface area contributed by atoms with Crippen LogP contribution in [0.2, 0.25) is 0 Å². The fourth-order valence-corrected chi connectivity index (χ4v) is 3.83. The molecule has 9 heteroatoms. The molecule has 1 unspecified atom stereocenters. The zero-order valence-electron chi connectivity index (χ0n) is 18.7. The number of benzene rings is 1. The monoisotopic (exact) mass is 496 g/mol. The third-order valence-corrected chi connectivity index (χ3v) is 5.78. The van der Waals surface area contributed by atoms with Gasteiger partial charge in [-0.15, -0.1) is 0 Å². The number of amides is 2. The maximum atomic E-state index is 12.3. The molecule has 172 valence electrons. The van der Waals surface area contributed by atoms with Crippen molar-refractivity contribution in [1.29, 1.82) is 0 Å². The summed E-state index contributed by atoms with van der Waals surface area (Å²) in [6.45, 7) is 8.62. The van der Waals surface area contributed by atoms with E-state index < -0.39 is 11.6 Å². The van der Waals surface area contributed by atoms with Crippen molar-refractivity contribution in [2.45, 2.75) is 51.8 Å². The maximum Gasteiger partial charge on any atom is 0.410 e. The number of hydrogen-bond acceptors (Lipinski definition) is 6.